The zero-order valence-electron chi connectivity index (χ0n) is 12.0. The minimum absolute atomic E-state index is 0.185. The van der Waals surface area contributed by atoms with Crippen molar-refractivity contribution in [1.29, 1.82) is 0 Å². The average molecular weight is 257 g/mol. The summed E-state index contributed by atoms with van der Waals surface area (Å²) in [6.07, 6.45) is -0.444. The summed E-state index contributed by atoms with van der Waals surface area (Å²) in [5.74, 6) is -0.876. The van der Waals surface area contributed by atoms with Gasteiger partial charge in [-0.1, -0.05) is 13.8 Å². The lowest BCUT2D eigenvalue weighted by Crippen LogP contribution is -2.41. The molecular weight excluding hydrogens is 234 g/mol. The van der Waals surface area contributed by atoms with Crippen LogP contribution in [-0.4, -0.2) is 40.8 Å². The van der Waals surface area contributed by atoms with E-state index in [4.69, 9.17) is 4.74 Å². The Labute approximate surface area is 108 Å². The third-order valence-electron chi connectivity index (χ3n) is 3.71. The van der Waals surface area contributed by atoms with Gasteiger partial charge in [0.25, 0.3) is 0 Å². The molecule has 1 rings (SSSR count). The lowest BCUT2D eigenvalue weighted by molar-refractivity contribution is -0.152. The largest absolute Gasteiger partial charge is 0.481 e. The monoisotopic (exact) mass is 257 g/mol. The Kier molecular flexibility index (Phi) is 3.40. The van der Waals surface area contributed by atoms with Crippen molar-refractivity contribution in [3.05, 3.63) is 0 Å². The molecule has 0 aromatic heterocycles. The molecule has 0 saturated carbocycles. The maximum absolute atomic E-state index is 12.0. The zero-order chi connectivity index (χ0) is 14.4. The summed E-state index contributed by atoms with van der Waals surface area (Å²) in [5, 5.41) is 9.36. The summed E-state index contributed by atoms with van der Waals surface area (Å²) >= 11 is 0. The Hall–Kier alpha value is -1.26. The van der Waals surface area contributed by atoms with E-state index in [1.807, 2.05) is 13.8 Å². The molecule has 0 bridgehead atoms. The number of carboxylic acid groups (broad SMARTS) is 1. The molecule has 5 heteroatoms. The van der Waals surface area contributed by atoms with Gasteiger partial charge in [0.1, 0.15) is 5.60 Å². The first-order chi connectivity index (χ1) is 7.89. The van der Waals surface area contributed by atoms with Crippen LogP contribution in [0.5, 0.6) is 0 Å². The van der Waals surface area contributed by atoms with Crippen molar-refractivity contribution in [3.63, 3.8) is 0 Å². The van der Waals surface area contributed by atoms with Crippen molar-refractivity contribution in [2.24, 2.45) is 10.8 Å². The lowest BCUT2D eigenvalue weighted by Gasteiger charge is -2.31. The second-order valence-electron chi connectivity index (χ2n) is 6.86. The van der Waals surface area contributed by atoms with E-state index in [9.17, 15) is 14.7 Å². The van der Waals surface area contributed by atoms with E-state index in [1.165, 1.54) is 4.90 Å². The Balaban J connectivity index is 2.87. The number of amides is 1. The van der Waals surface area contributed by atoms with E-state index in [0.717, 1.165) is 0 Å². The summed E-state index contributed by atoms with van der Waals surface area (Å²) in [7, 11) is 0. The van der Waals surface area contributed by atoms with Crippen LogP contribution in [0.15, 0.2) is 0 Å². The standard InChI is InChI=1S/C13H23NO4/c1-11(2,3)18-10(17)14-7-12(4,5)13(6,8-14)9(15)16/h7-8H2,1-6H3,(H,15,16). The van der Waals surface area contributed by atoms with E-state index >= 15 is 0 Å². The second-order valence-corrected chi connectivity index (χ2v) is 6.86. The third-order valence-corrected chi connectivity index (χ3v) is 3.71. The van der Waals surface area contributed by atoms with Gasteiger partial charge in [-0.15, -0.1) is 0 Å². The molecule has 104 valence electrons. The summed E-state index contributed by atoms with van der Waals surface area (Å²) < 4.78 is 5.28. The van der Waals surface area contributed by atoms with Gasteiger partial charge in [0.2, 0.25) is 0 Å². The van der Waals surface area contributed by atoms with Gasteiger partial charge < -0.3 is 14.7 Å². The number of rotatable bonds is 1. The van der Waals surface area contributed by atoms with E-state index in [0.29, 0.717) is 6.54 Å². The van der Waals surface area contributed by atoms with Gasteiger partial charge in [0, 0.05) is 18.5 Å². The topological polar surface area (TPSA) is 66.8 Å². The Bertz CT molecular complexity index is 370. The number of nitrogens with zero attached hydrogens (tertiary/aromatic N) is 1. The minimum Gasteiger partial charge on any atom is -0.481 e. The molecule has 0 aromatic carbocycles. The molecule has 18 heavy (non-hydrogen) atoms. The molecule has 0 aromatic rings. The van der Waals surface area contributed by atoms with Crippen LogP contribution in [0, 0.1) is 10.8 Å². The number of carbonyl (C=O) groups excluding carboxylic acids is 1. The highest BCUT2D eigenvalue weighted by molar-refractivity contribution is 5.78. The molecule has 0 radical (unpaired) electrons. The fourth-order valence-electron chi connectivity index (χ4n) is 2.12. The normalized spacial score (nSPS) is 27.1. The number of aliphatic carboxylic acids is 1. The minimum atomic E-state index is -0.941. The van der Waals surface area contributed by atoms with Gasteiger partial charge >= 0.3 is 12.1 Å². The highest BCUT2D eigenvalue weighted by atomic mass is 16.6. The van der Waals surface area contributed by atoms with Crippen molar-refractivity contribution in [1.82, 2.24) is 4.90 Å². The highest BCUT2D eigenvalue weighted by Crippen LogP contribution is 2.46. The first-order valence-corrected chi connectivity index (χ1v) is 6.10. The lowest BCUT2D eigenvalue weighted by atomic mass is 9.69. The molecular formula is C13H23NO4. The molecule has 1 unspecified atom stereocenters. The number of hydrogen-bond acceptors (Lipinski definition) is 3. The molecule has 5 nitrogen and oxygen atoms in total. The van der Waals surface area contributed by atoms with Gasteiger partial charge in [0.15, 0.2) is 0 Å². The predicted octanol–water partition coefficient (Wildman–Crippen LogP) is 2.35. The predicted molar refractivity (Wildman–Crippen MR) is 67.3 cm³/mol. The van der Waals surface area contributed by atoms with Gasteiger partial charge in [-0.2, -0.15) is 0 Å². The fraction of sp³-hybridized carbons (Fsp3) is 0.846. The van der Waals surface area contributed by atoms with Crippen LogP contribution in [-0.2, 0) is 9.53 Å². The number of carbonyl (C=O) groups is 2. The zero-order valence-corrected chi connectivity index (χ0v) is 12.0. The number of likely N-dealkylation sites (tertiary alicyclic amines) is 1. The summed E-state index contributed by atoms with van der Waals surface area (Å²) in [6.45, 7) is 11.4. The number of ether oxygens (including phenoxy) is 1. The van der Waals surface area contributed by atoms with Gasteiger partial charge in [-0.25, -0.2) is 4.79 Å². The summed E-state index contributed by atoms with van der Waals surface area (Å²) in [5.41, 5.74) is -1.98. The maximum Gasteiger partial charge on any atom is 0.410 e. The second kappa shape index (κ2) is 4.14. The molecule has 0 spiro atoms. The molecule has 1 atom stereocenters. The van der Waals surface area contributed by atoms with Crippen LogP contribution < -0.4 is 0 Å². The van der Waals surface area contributed by atoms with Crippen molar-refractivity contribution in [2.45, 2.75) is 47.1 Å². The molecule has 1 fully saturated rings. The van der Waals surface area contributed by atoms with Crippen molar-refractivity contribution >= 4 is 12.1 Å². The molecule has 0 aliphatic carbocycles. The van der Waals surface area contributed by atoms with E-state index < -0.39 is 28.5 Å². The quantitative estimate of drug-likeness (QED) is 0.783. The van der Waals surface area contributed by atoms with Gasteiger partial charge in [-0.05, 0) is 27.7 Å². The first-order valence-electron chi connectivity index (χ1n) is 6.10. The number of hydrogen-bond donors (Lipinski definition) is 1. The summed E-state index contributed by atoms with van der Waals surface area (Å²) in [6, 6.07) is 0. The molecule has 1 saturated heterocycles. The first kappa shape index (κ1) is 14.8. The van der Waals surface area contributed by atoms with Crippen molar-refractivity contribution in [3.8, 4) is 0 Å². The van der Waals surface area contributed by atoms with Crippen molar-refractivity contribution in [2.75, 3.05) is 13.1 Å². The van der Waals surface area contributed by atoms with E-state index in [-0.39, 0.29) is 6.54 Å². The van der Waals surface area contributed by atoms with Crippen molar-refractivity contribution < 1.29 is 19.4 Å². The fourth-order valence-corrected chi connectivity index (χ4v) is 2.12. The van der Waals surface area contributed by atoms with Gasteiger partial charge in [0.05, 0.1) is 5.41 Å². The van der Waals surface area contributed by atoms with E-state index in [2.05, 4.69) is 0 Å². The van der Waals surface area contributed by atoms with Crippen LogP contribution in [0.3, 0.4) is 0 Å². The molecule has 1 aliphatic rings. The van der Waals surface area contributed by atoms with Crippen LogP contribution in [0.4, 0.5) is 4.79 Å². The van der Waals surface area contributed by atoms with Crippen LogP contribution in [0.2, 0.25) is 0 Å². The smallest absolute Gasteiger partial charge is 0.410 e. The van der Waals surface area contributed by atoms with Crippen LogP contribution >= 0.6 is 0 Å². The molecule has 1 aliphatic heterocycles. The molecule has 1 heterocycles. The molecule has 1 N–H and O–H groups in total. The highest BCUT2D eigenvalue weighted by Gasteiger charge is 2.55. The Morgan fingerprint density at radius 1 is 1.17 bits per heavy atom. The van der Waals surface area contributed by atoms with Crippen LogP contribution in [0.25, 0.3) is 0 Å². The van der Waals surface area contributed by atoms with Crippen LogP contribution in [0.1, 0.15) is 41.5 Å². The third kappa shape index (κ3) is 2.60. The number of carboxylic acids is 1. The molecule has 1 amide bonds. The SMILES string of the molecule is CC(C)(C)OC(=O)N1CC(C)(C)C(C)(C(=O)O)C1. The Morgan fingerprint density at radius 3 is 2.00 bits per heavy atom. The van der Waals surface area contributed by atoms with E-state index in [1.54, 1.807) is 27.7 Å². The average Bonchev–Trinajstić information content (AvgIpc) is 2.36. The Morgan fingerprint density at radius 2 is 1.67 bits per heavy atom. The summed E-state index contributed by atoms with van der Waals surface area (Å²) in [4.78, 5) is 24.9. The maximum atomic E-state index is 12.0. The van der Waals surface area contributed by atoms with Gasteiger partial charge in [-0.3, -0.25) is 4.79 Å².